The van der Waals surface area contributed by atoms with Crippen molar-refractivity contribution in [2.45, 2.75) is 29.5 Å². The molecule has 1 saturated heterocycles. The van der Waals surface area contributed by atoms with Crippen molar-refractivity contribution in [3.63, 3.8) is 0 Å². The minimum Gasteiger partial charge on any atom is -0.383 e. The minimum atomic E-state index is -4.65. The molecule has 0 aliphatic carbocycles. The number of sulfone groups is 1. The third-order valence-electron chi connectivity index (χ3n) is 5.16. The number of aromatic nitrogens is 3. The second-order valence-corrected chi connectivity index (χ2v) is 10.8. The zero-order valence-electron chi connectivity index (χ0n) is 17.3. The molecule has 33 heavy (non-hydrogen) atoms. The van der Waals surface area contributed by atoms with Crippen molar-refractivity contribution in [1.82, 2.24) is 20.3 Å². The molecule has 0 atom stereocenters. The minimum absolute atomic E-state index is 0.0370. The number of halogens is 3. The summed E-state index contributed by atoms with van der Waals surface area (Å²) in [5.41, 5.74) is -1.51. The Morgan fingerprint density at radius 1 is 1.18 bits per heavy atom. The largest absolute Gasteiger partial charge is 0.433 e. The molecule has 0 amide bonds. The van der Waals surface area contributed by atoms with Gasteiger partial charge in [-0.3, -0.25) is 0 Å². The summed E-state index contributed by atoms with van der Waals surface area (Å²) in [5, 5.41) is 17.3. The monoisotopic (exact) mass is 499 g/mol. The average molecular weight is 500 g/mol. The van der Waals surface area contributed by atoms with Crippen molar-refractivity contribution < 1.29 is 26.7 Å². The molecule has 13 heteroatoms. The van der Waals surface area contributed by atoms with Crippen LogP contribution in [0.2, 0.25) is 0 Å². The molecule has 4 rings (SSSR count). The number of piperidine rings is 1. The van der Waals surface area contributed by atoms with Crippen molar-refractivity contribution in [2.75, 3.05) is 24.7 Å². The number of thiazole rings is 1. The summed E-state index contributed by atoms with van der Waals surface area (Å²) in [4.78, 5) is 12.2. The maximum Gasteiger partial charge on any atom is 0.433 e. The van der Waals surface area contributed by atoms with Crippen LogP contribution in [-0.4, -0.2) is 47.8 Å². The number of hydrogen-bond acceptors (Lipinski definition) is 9. The number of anilines is 2. The van der Waals surface area contributed by atoms with Gasteiger partial charge in [0.25, 0.3) is 0 Å². The van der Waals surface area contributed by atoms with Gasteiger partial charge in [-0.05, 0) is 55.8 Å². The maximum atomic E-state index is 13.0. The van der Waals surface area contributed by atoms with E-state index in [-0.39, 0.29) is 16.5 Å². The van der Waals surface area contributed by atoms with Crippen LogP contribution >= 0.6 is 11.3 Å². The first-order valence-corrected chi connectivity index (χ1v) is 12.6. The van der Waals surface area contributed by atoms with E-state index in [1.165, 1.54) is 23.5 Å². The van der Waals surface area contributed by atoms with Crippen molar-refractivity contribution in [3.8, 4) is 10.4 Å². The number of aliphatic hydroxyl groups is 1. The van der Waals surface area contributed by atoms with Gasteiger partial charge in [0, 0.05) is 24.3 Å². The third kappa shape index (κ3) is 5.32. The Bertz CT molecular complexity index is 1270. The van der Waals surface area contributed by atoms with Gasteiger partial charge in [0.15, 0.2) is 9.84 Å². The lowest BCUT2D eigenvalue weighted by molar-refractivity contribution is -0.141. The van der Waals surface area contributed by atoms with Crippen LogP contribution in [-0.2, 0) is 21.6 Å². The Morgan fingerprint density at radius 3 is 2.58 bits per heavy atom. The summed E-state index contributed by atoms with van der Waals surface area (Å²) < 4.78 is 63.4. The quantitative estimate of drug-likeness (QED) is 0.490. The van der Waals surface area contributed by atoms with E-state index in [2.05, 4.69) is 25.6 Å². The van der Waals surface area contributed by atoms with Crippen molar-refractivity contribution in [2.24, 2.45) is 0 Å². The SMILES string of the molecule is CS(=O)(=O)c1cc(Nc2nccc(C(F)(F)F)n2)cc(-c2cnc(C3(O)CCNCC3)s2)c1. The van der Waals surface area contributed by atoms with Crippen LogP contribution < -0.4 is 10.6 Å². The fraction of sp³-hybridized carbons (Fsp3) is 0.350. The lowest BCUT2D eigenvalue weighted by Crippen LogP contribution is -2.39. The first kappa shape index (κ1) is 23.5. The number of alkyl halides is 3. The number of nitrogens with zero attached hydrogens (tertiary/aromatic N) is 3. The molecule has 1 fully saturated rings. The summed E-state index contributed by atoms with van der Waals surface area (Å²) in [6, 6.07) is 5.07. The molecule has 3 N–H and O–H groups in total. The highest BCUT2D eigenvalue weighted by Crippen LogP contribution is 2.38. The molecule has 2 aromatic heterocycles. The predicted molar refractivity (Wildman–Crippen MR) is 117 cm³/mol. The molecule has 1 aliphatic rings. The van der Waals surface area contributed by atoms with Gasteiger partial charge < -0.3 is 15.7 Å². The lowest BCUT2D eigenvalue weighted by atomic mass is 9.93. The summed E-state index contributed by atoms with van der Waals surface area (Å²) >= 11 is 1.24. The first-order chi connectivity index (χ1) is 15.4. The molecule has 1 aliphatic heterocycles. The van der Waals surface area contributed by atoms with Gasteiger partial charge in [-0.1, -0.05) is 0 Å². The molecular formula is C20H20F3N5O3S2. The normalized spacial score (nSPS) is 16.5. The highest BCUT2D eigenvalue weighted by atomic mass is 32.2. The molecule has 0 saturated carbocycles. The molecule has 0 unspecified atom stereocenters. The molecule has 0 spiro atoms. The highest BCUT2D eigenvalue weighted by Gasteiger charge is 2.34. The van der Waals surface area contributed by atoms with Crippen molar-refractivity contribution in [1.29, 1.82) is 0 Å². The van der Waals surface area contributed by atoms with Crippen LogP contribution in [0.25, 0.3) is 10.4 Å². The summed E-state index contributed by atoms with van der Waals surface area (Å²) in [6.45, 7) is 1.31. The van der Waals surface area contributed by atoms with Crippen molar-refractivity contribution in [3.05, 3.63) is 47.4 Å². The van der Waals surface area contributed by atoms with E-state index < -0.39 is 27.3 Å². The molecule has 176 valence electrons. The fourth-order valence-electron chi connectivity index (χ4n) is 3.41. The maximum absolute atomic E-state index is 13.0. The molecule has 3 aromatic rings. The Labute approximate surface area is 191 Å². The number of rotatable bonds is 5. The van der Waals surface area contributed by atoms with Gasteiger partial charge in [-0.15, -0.1) is 11.3 Å². The number of hydrogen-bond donors (Lipinski definition) is 3. The topological polar surface area (TPSA) is 117 Å². The summed E-state index contributed by atoms with van der Waals surface area (Å²) in [5.74, 6) is -0.324. The smallest absolute Gasteiger partial charge is 0.383 e. The van der Waals surface area contributed by atoms with Gasteiger partial charge in [0.2, 0.25) is 5.95 Å². The van der Waals surface area contributed by atoms with Gasteiger partial charge in [0.05, 0.1) is 9.77 Å². The average Bonchev–Trinajstić information content (AvgIpc) is 3.24. The van der Waals surface area contributed by atoms with E-state index in [0.717, 1.165) is 18.5 Å². The molecule has 0 radical (unpaired) electrons. The van der Waals surface area contributed by atoms with E-state index in [1.807, 2.05) is 0 Å². The Morgan fingerprint density at radius 2 is 1.91 bits per heavy atom. The molecule has 0 bridgehead atoms. The second-order valence-electron chi connectivity index (χ2n) is 7.72. The molecular weight excluding hydrogens is 479 g/mol. The molecule has 1 aromatic carbocycles. The Kier molecular flexibility index (Phi) is 6.16. The fourth-order valence-corrected chi connectivity index (χ4v) is 5.14. The van der Waals surface area contributed by atoms with Crippen molar-refractivity contribution >= 4 is 32.8 Å². The molecule has 8 nitrogen and oxygen atoms in total. The van der Waals surface area contributed by atoms with Crippen LogP contribution in [0.3, 0.4) is 0 Å². The number of nitrogens with one attached hydrogen (secondary N) is 2. The van der Waals surface area contributed by atoms with E-state index in [1.54, 1.807) is 12.3 Å². The Hall–Kier alpha value is -2.61. The van der Waals surface area contributed by atoms with Gasteiger partial charge in [-0.25, -0.2) is 23.4 Å². The van der Waals surface area contributed by atoms with E-state index in [9.17, 15) is 26.7 Å². The van der Waals surface area contributed by atoms with Crippen LogP contribution in [0.15, 0.2) is 41.6 Å². The van der Waals surface area contributed by atoms with Crippen LogP contribution in [0.4, 0.5) is 24.8 Å². The zero-order chi connectivity index (χ0) is 23.9. The van der Waals surface area contributed by atoms with Gasteiger partial charge in [-0.2, -0.15) is 13.2 Å². The summed E-state index contributed by atoms with van der Waals surface area (Å²) in [6.07, 6.45) is -0.0910. The Balaban J connectivity index is 1.71. The predicted octanol–water partition coefficient (Wildman–Crippen LogP) is 3.34. The summed E-state index contributed by atoms with van der Waals surface area (Å²) in [7, 11) is -3.64. The van der Waals surface area contributed by atoms with E-state index >= 15 is 0 Å². The third-order valence-corrected chi connectivity index (χ3v) is 7.49. The van der Waals surface area contributed by atoms with E-state index in [4.69, 9.17) is 0 Å². The number of benzene rings is 1. The lowest BCUT2D eigenvalue weighted by Gasteiger charge is -2.30. The van der Waals surface area contributed by atoms with E-state index in [0.29, 0.717) is 41.4 Å². The zero-order valence-corrected chi connectivity index (χ0v) is 19.0. The highest BCUT2D eigenvalue weighted by molar-refractivity contribution is 7.90. The standard InChI is InChI=1S/C20H20F3N5O3S2/c1-33(30,31)14-9-12(15-11-26-17(32-15)19(29)3-6-24-7-4-19)8-13(10-14)27-18-25-5-2-16(28-18)20(21,22)23/h2,5,8-11,24,29H,3-4,6-7H2,1H3,(H,25,27,28). The molecule has 3 heterocycles. The van der Waals surface area contributed by atoms with Crippen LogP contribution in [0, 0.1) is 0 Å². The second kappa shape index (κ2) is 8.63. The van der Waals surface area contributed by atoms with Gasteiger partial charge >= 0.3 is 6.18 Å². The first-order valence-electron chi connectivity index (χ1n) is 9.86. The van der Waals surface area contributed by atoms with Crippen LogP contribution in [0.1, 0.15) is 23.5 Å². The van der Waals surface area contributed by atoms with Gasteiger partial charge in [0.1, 0.15) is 16.3 Å². The van der Waals surface area contributed by atoms with Crippen LogP contribution in [0.5, 0.6) is 0 Å².